The van der Waals surface area contributed by atoms with Gasteiger partial charge in [0.15, 0.2) is 0 Å². The van der Waals surface area contributed by atoms with E-state index in [-0.39, 0.29) is 11.9 Å². The lowest BCUT2D eigenvalue weighted by molar-refractivity contribution is -0.121. The van der Waals surface area contributed by atoms with Gasteiger partial charge in [0.25, 0.3) is 0 Å². The number of aromatic nitrogens is 1. The molecular weight excluding hydrogens is 250 g/mol. The van der Waals surface area contributed by atoms with Gasteiger partial charge in [-0.1, -0.05) is 31.2 Å². The van der Waals surface area contributed by atoms with Crippen LogP contribution in [-0.2, 0) is 11.3 Å². The average molecular weight is 271 g/mol. The van der Waals surface area contributed by atoms with Gasteiger partial charge in [-0.15, -0.1) is 0 Å². The number of carbonyl (C=O) groups excluding carboxylic acids is 1. The van der Waals surface area contributed by atoms with Crippen LogP contribution in [0, 0.1) is 0 Å². The molecule has 0 spiro atoms. The molecule has 0 saturated heterocycles. The fraction of sp³-hybridized carbons (Fsp3) is 0.375. The maximum absolute atomic E-state index is 11.9. The Bertz CT molecular complexity index is 577. The number of benzene rings is 1. The first-order chi connectivity index (χ1) is 9.70. The molecule has 106 valence electrons. The largest absolute Gasteiger partial charge is 0.352 e. The van der Waals surface area contributed by atoms with E-state index in [1.165, 1.54) is 0 Å². The van der Waals surface area contributed by atoms with Gasteiger partial charge >= 0.3 is 0 Å². The summed E-state index contributed by atoms with van der Waals surface area (Å²) in [4.78, 5) is 16.3. The summed E-state index contributed by atoms with van der Waals surface area (Å²) >= 11 is 0. The molecule has 0 aliphatic rings. The maximum Gasteiger partial charge on any atom is 0.221 e. The van der Waals surface area contributed by atoms with E-state index in [9.17, 15) is 4.79 Å². The highest BCUT2D eigenvalue weighted by atomic mass is 16.1. The number of fused-ring (bicyclic) bond motifs is 1. The highest BCUT2D eigenvalue weighted by Crippen LogP contribution is 2.15. The van der Waals surface area contributed by atoms with Crippen molar-refractivity contribution in [2.24, 2.45) is 0 Å². The van der Waals surface area contributed by atoms with E-state index in [0.717, 1.165) is 23.0 Å². The first-order valence-corrected chi connectivity index (χ1v) is 7.03. The Morgan fingerprint density at radius 3 is 2.90 bits per heavy atom. The summed E-state index contributed by atoms with van der Waals surface area (Å²) in [6, 6.07) is 10.2. The monoisotopic (exact) mass is 271 g/mol. The van der Waals surface area contributed by atoms with Crippen LogP contribution >= 0.6 is 0 Å². The smallest absolute Gasteiger partial charge is 0.221 e. The van der Waals surface area contributed by atoms with E-state index in [1.54, 1.807) is 6.20 Å². The molecule has 0 bridgehead atoms. The fourth-order valence-corrected chi connectivity index (χ4v) is 2.27. The zero-order valence-electron chi connectivity index (χ0n) is 12.0. The number of hydrogen-bond donors (Lipinski definition) is 2. The molecule has 1 aromatic heterocycles. The van der Waals surface area contributed by atoms with Gasteiger partial charge in [-0.05, 0) is 25.1 Å². The second kappa shape index (κ2) is 7.01. The number of rotatable bonds is 6. The Hall–Kier alpha value is -1.94. The summed E-state index contributed by atoms with van der Waals surface area (Å²) in [5.74, 6) is 0.0615. The third kappa shape index (κ3) is 3.78. The Labute approximate surface area is 119 Å². The topological polar surface area (TPSA) is 54.0 Å². The molecule has 4 heteroatoms. The van der Waals surface area contributed by atoms with Crippen LogP contribution < -0.4 is 10.6 Å². The number of amides is 1. The van der Waals surface area contributed by atoms with Crippen molar-refractivity contribution in [3.05, 3.63) is 42.1 Å². The maximum atomic E-state index is 11.9. The van der Waals surface area contributed by atoms with Crippen LogP contribution in [0.5, 0.6) is 0 Å². The van der Waals surface area contributed by atoms with Gasteiger partial charge in [-0.3, -0.25) is 9.78 Å². The Morgan fingerprint density at radius 2 is 2.10 bits per heavy atom. The molecule has 0 fully saturated rings. The Morgan fingerprint density at radius 1 is 1.30 bits per heavy atom. The van der Waals surface area contributed by atoms with Crippen LogP contribution in [0.2, 0.25) is 0 Å². The van der Waals surface area contributed by atoms with Gasteiger partial charge < -0.3 is 10.6 Å². The highest BCUT2D eigenvalue weighted by molar-refractivity contribution is 5.82. The van der Waals surface area contributed by atoms with Gasteiger partial charge in [0.2, 0.25) is 5.91 Å². The average Bonchev–Trinajstić information content (AvgIpc) is 2.45. The van der Waals surface area contributed by atoms with E-state index in [4.69, 9.17) is 0 Å². The summed E-state index contributed by atoms with van der Waals surface area (Å²) in [6.07, 6.45) is 2.27. The zero-order chi connectivity index (χ0) is 14.4. The van der Waals surface area contributed by atoms with Gasteiger partial charge in [-0.2, -0.15) is 0 Å². The third-order valence-electron chi connectivity index (χ3n) is 3.24. The minimum Gasteiger partial charge on any atom is -0.352 e. The van der Waals surface area contributed by atoms with Crippen LogP contribution in [0.1, 0.15) is 25.8 Å². The van der Waals surface area contributed by atoms with Gasteiger partial charge in [0.05, 0.1) is 5.52 Å². The van der Waals surface area contributed by atoms with Crippen LogP contribution in [-0.4, -0.2) is 23.5 Å². The lowest BCUT2D eigenvalue weighted by Crippen LogP contribution is -2.33. The molecule has 0 aliphatic carbocycles. The highest BCUT2D eigenvalue weighted by Gasteiger charge is 2.08. The first-order valence-electron chi connectivity index (χ1n) is 7.03. The zero-order valence-corrected chi connectivity index (χ0v) is 12.0. The van der Waals surface area contributed by atoms with Crippen molar-refractivity contribution in [3.63, 3.8) is 0 Å². The third-order valence-corrected chi connectivity index (χ3v) is 3.24. The van der Waals surface area contributed by atoms with Crippen LogP contribution in [0.25, 0.3) is 10.9 Å². The molecule has 0 saturated carbocycles. The molecule has 0 radical (unpaired) electrons. The molecule has 1 amide bonds. The van der Waals surface area contributed by atoms with Crippen LogP contribution in [0.3, 0.4) is 0 Å². The predicted molar refractivity (Wildman–Crippen MR) is 81.3 cm³/mol. The van der Waals surface area contributed by atoms with E-state index in [0.29, 0.717) is 13.0 Å². The number of carbonyl (C=O) groups is 1. The normalized spacial score (nSPS) is 12.3. The summed E-state index contributed by atoms with van der Waals surface area (Å²) in [6.45, 7) is 5.45. The van der Waals surface area contributed by atoms with Crippen molar-refractivity contribution in [1.29, 1.82) is 0 Å². The van der Waals surface area contributed by atoms with Gasteiger partial charge in [0, 0.05) is 30.6 Å². The summed E-state index contributed by atoms with van der Waals surface area (Å²) in [5, 5.41) is 7.29. The minimum atomic E-state index is 0.0615. The number of para-hydroxylation sites is 1. The first kappa shape index (κ1) is 14.5. The molecule has 0 aliphatic heterocycles. The number of pyridine rings is 1. The molecule has 2 rings (SSSR count). The number of nitrogens with one attached hydrogen (secondary N) is 2. The Kier molecular flexibility index (Phi) is 5.07. The van der Waals surface area contributed by atoms with E-state index in [1.807, 2.05) is 44.2 Å². The lowest BCUT2D eigenvalue weighted by atomic mass is 10.1. The van der Waals surface area contributed by atoms with Gasteiger partial charge in [-0.25, -0.2) is 0 Å². The van der Waals surface area contributed by atoms with Crippen LogP contribution in [0.4, 0.5) is 0 Å². The SMILES string of the molecule is CCNC(C)CC(=O)NCc1cccc2cccnc12. The fourth-order valence-electron chi connectivity index (χ4n) is 2.27. The van der Waals surface area contributed by atoms with E-state index >= 15 is 0 Å². The van der Waals surface area contributed by atoms with Crippen molar-refractivity contribution < 1.29 is 4.79 Å². The second-order valence-electron chi connectivity index (χ2n) is 4.93. The van der Waals surface area contributed by atoms with Crippen LogP contribution in [0.15, 0.2) is 36.5 Å². The standard InChI is InChI=1S/C16H21N3O/c1-3-17-12(2)10-15(20)19-11-14-7-4-6-13-8-5-9-18-16(13)14/h4-9,12,17H,3,10-11H2,1-2H3,(H,19,20). The number of nitrogens with zero attached hydrogens (tertiary/aromatic N) is 1. The molecule has 1 unspecified atom stereocenters. The summed E-state index contributed by atoms with van der Waals surface area (Å²) < 4.78 is 0. The minimum absolute atomic E-state index is 0.0615. The van der Waals surface area contributed by atoms with Gasteiger partial charge in [0.1, 0.15) is 0 Å². The van der Waals surface area contributed by atoms with E-state index in [2.05, 4.69) is 15.6 Å². The molecule has 2 N–H and O–H groups in total. The lowest BCUT2D eigenvalue weighted by Gasteiger charge is -2.12. The van der Waals surface area contributed by atoms with Crippen molar-refractivity contribution in [2.75, 3.05) is 6.54 Å². The molecule has 2 aromatic rings. The van der Waals surface area contributed by atoms with Crippen molar-refractivity contribution in [2.45, 2.75) is 32.9 Å². The quantitative estimate of drug-likeness (QED) is 0.847. The Balaban J connectivity index is 1.97. The molecule has 4 nitrogen and oxygen atoms in total. The van der Waals surface area contributed by atoms with E-state index < -0.39 is 0 Å². The predicted octanol–water partition coefficient (Wildman–Crippen LogP) is 2.24. The van der Waals surface area contributed by atoms with Crippen molar-refractivity contribution in [3.8, 4) is 0 Å². The van der Waals surface area contributed by atoms with Crippen molar-refractivity contribution in [1.82, 2.24) is 15.6 Å². The molecule has 1 atom stereocenters. The summed E-state index contributed by atoms with van der Waals surface area (Å²) in [7, 11) is 0. The number of hydrogen-bond acceptors (Lipinski definition) is 3. The second-order valence-corrected chi connectivity index (χ2v) is 4.93. The molecule has 1 heterocycles. The van der Waals surface area contributed by atoms with Crippen molar-refractivity contribution >= 4 is 16.8 Å². The molecule has 20 heavy (non-hydrogen) atoms. The molecular formula is C16H21N3O. The molecule has 1 aromatic carbocycles. The summed E-state index contributed by atoms with van der Waals surface area (Å²) in [5.41, 5.74) is 2.00.